The van der Waals surface area contributed by atoms with Crippen molar-refractivity contribution in [2.24, 2.45) is 0 Å². The van der Waals surface area contributed by atoms with Crippen LogP contribution in [0.3, 0.4) is 0 Å². The van der Waals surface area contributed by atoms with Gasteiger partial charge in [0.2, 0.25) is 0 Å². The van der Waals surface area contributed by atoms with Crippen LogP contribution in [0.15, 0.2) is 39.3 Å². The first-order valence-electron chi connectivity index (χ1n) is 5.18. The summed E-state index contributed by atoms with van der Waals surface area (Å²) in [5, 5.41) is 10.7. The van der Waals surface area contributed by atoms with Crippen molar-refractivity contribution in [1.82, 2.24) is 0 Å². The molecule has 0 saturated carbocycles. The molecule has 0 aromatic heterocycles. The van der Waals surface area contributed by atoms with Crippen molar-refractivity contribution in [1.29, 1.82) is 0 Å². The molecule has 0 bridgehead atoms. The highest BCUT2D eigenvalue weighted by molar-refractivity contribution is 9.10. The molecule has 6 heteroatoms. The number of hydrogen-bond donors (Lipinski definition) is 1. The molecule has 0 saturated heterocycles. The molecule has 19 heavy (non-hydrogen) atoms. The highest BCUT2D eigenvalue weighted by atomic mass is 79.9. The summed E-state index contributed by atoms with van der Waals surface area (Å²) in [5.74, 6) is -0.657. The van der Waals surface area contributed by atoms with Gasteiger partial charge in [0.25, 0.3) is 0 Å². The minimum Gasteiger partial charge on any atom is -0.384 e. The lowest BCUT2D eigenvalue weighted by Crippen LogP contribution is -2.04. The summed E-state index contributed by atoms with van der Waals surface area (Å²) >= 11 is 18.1. The summed E-state index contributed by atoms with van der Waals surface area (Å²) < 4.78 is 15.1. The number of aliphatic hydroxyl groups excluding tert-OH is 1. The fourth-order valence-electron chi connectivity index (χ4n) is 1.64. The molecule has 1 nitrogen and oxygen atoms in total. The summed E-state index contributed by atoms with van der Waals surface area (Å²) in [6.07, 6.45) is -1.15. The van der Waals surface area contributed by atoms with Crippen molar-refractivity contribution in [3.63, 3.8) is 0 Å². The van der Waals surface area contributed by atoms with Gasteiger partial charge in [0, 0.05) is 25.1 Å². The molecule has 0 fully saturated rings. The second-order valence-corrected chi connectivity index (χ2v) is 6.36. The minimum atomic E-state index is -1.15. The smallest absolute Gasteiger partial charge is 0.149 e. The van der Waals surface area contributed by atoms with Gasteiger partial charge in [-0.25, -0.2) is 4.39 Å². The molecule has 1 N–H and O–H groups in total. The maximum atomic E-state index is 14.1. The molecule has 100 valence electrons. The predicted octanol–water partition coefficient (Wildman–Crippen LogP) is 5.74. The van der Waals surface area contributed by atoms with E-state index in [-0.39, 0.29) is 10.6 Å². The lowest BCUT2D eigenvalue weighted by Gasteiger charge is -2.15. The molecule has 2 aromatic rings. The van der Waals surface area contributed by atoms with Crippen molar-refractivity contribution in [3.8, 4) is 0 Å². The molecule has 0 radical (unpaired) electrons. The van der Waals surface area contributed by atoms with E-state index in [1.807, 2.05) is 0 Å². The molecule has 0 aliphatic heterocycles. The number of rotatable bonds is 2. The topological polar surface area (TPSA) is 20.2 Å². The van der Waals surface area contributed by atoms with Crippen LogP contribution in [0.2, 0.25) is 10.0 Å². The Bertz CT molecular complexity index is 634. The van der Waals surface area contributed by atoms with E-state index in [1.165, 1.54) is 6.07 Å². The highest BCUT2D eigenvalue weighted by Gasteiger charge is 2.20. The van der Waals surface area contributed by atoms with Crippen LogP contribution in [-0.4, -0.2) is 5.11 Å². The van der Waals surface area contributed by atoms with Gasteiger partial charge >= 0.3 is 0 Å². The molecule has 2 rings (SSSR count). The first-order chi connectivity index (χ1) is 8.91. The van der Waals surface area contributed by atoms with Crippen LogP contribution in [0.5, 0.6) is 0 Å². The van der Waals surface area contributed by atoms with Crippen LogP contribution in [0.25, 0.3) is 0 Å². The summed E-state index contributed by atoms with van der Waals surface area (Å²) in [7, 11) is 0. The van der Waals surface area contributed by atoms with Gasteiger partial charge in [0.15, 0.2) is 0 Å². The molecule has 2 aromatic carbocycles. The lowest BCUT2D eigenvalue weighted by molar-refractivity contribution is 0.214. The quantitative estimate of drug-likeness (QED) is 0.605. The Hall–Kier alpha value is -0.130. The van der Waals surface area contributed by atoms with Crippen molar-refractivity contribution < 1.29 is 9.50 Å². The molecule has 0 heterocycles. The van der Waals surface area contributed by atoms with E-state index < -0.39 is 11.9 Å². The van der Waals surface area contributed by atoms with Crippen molar-refractivity contribution in [3.05, 3.63) is 66.3 Å². The Morgan fingerprint density at radius 3 is 2.32 bits per heavy atom. The van der Waals surface area contributed by atoms with Gasteiger partial charge < -0.3 is 5.11 Å². The second kappa shape index (κ2) is 6.10. The molecule has 0 aliphatic rings. The van der Waals surface area contributed by atoms with E-state index in [4.69, 9.17) is 23.2 Å². The summed E-state index contributed by atoms with van der Waals surface area (Å²) in [6.45, 7) is 0. The van der Waals surface area contributed by atoms with Crippen LogP contribution in [0.4, 0.5) is 4.39 Å². The number of benzene rings is 2. The van der Waals surface area contributed by atoms with Crippen molar-refractivity contribution in [2.75, 3.05) is 0 Å². The van der Waals surface area contributed by atoms with Crippen LogP contribution in [0.1, 0.15) is 17.2 Å². The predicted molar refractivity (Wildman–Crippen MR) is 82.3 cm³/mol. The Morgan fingerprint density at radius 1 is 1.00 bits per heavy atom. The summed E-state index contributed by atoms with van der Waals surface area (Å²) in [4.78, 5) is 0. The molecule has 0 aliphatic carbocycles. The maximum Gasteiger partial charge on any atom is 0.149 e. The number of aliphatic hydroxyl groups is 1. The number of hydrogen-bond acceptors (Lipinski definition) is 1. The highest BCUT2D eigenvalue weighted by Crippen LogP contribution is 2.35. The Labute approximate surface area is 136 Å². The first-order valence-corrected chi connectivity index (χ1v) is 7.52. The van der Waals surface area contributed by atoms with Gasteiger partial charge in [-0.15, -0.1) is 0 Å². The maximum absolute atomic E-state index is 14.1. The van der Waals surface area contributed by atoms with Gasteiger partial charge in [-0.05, 0) is 40.2 Å². The fraction of sp³-hybridized carbons (Fsp3) is 0.0769. The van der Waals surface area contributed by atoms with E-state index in [0.29, 0.717) is 19.5 Å². The summed E-state index contributed by atoms with van der Waals surface area (Å²) in [6, 6.07) is 8.00. The van der Waals surface area contributed by atoms with Gasteiger partial charge in [-0.3, -0.25) is 0 Å². The monoisotopic (exact) mass is 426 g/mol. The largest absolute Gasteiger partial charge is 0.384 e. The zero-order valence-electron chi connectivity index (χ0n) is 9.30. The first kappa shape index (κ1) is 15.3. The van der Waals surface area contributed by atoms with E-state index in [9.17, 15) is 9.50 Å². The van der Waals surface area contributed by atoms with Crippen LogP contribution in [0, 0.1) is 5.82 Å². The normalized spacial score (nSPS) is 12.5. The molecule has 0 amide bonds. The molecular weight excluding hydrogens is 422 g/mol. The third kappa shape index (κ3) is 3.14. The average molecular weight is 429 g/mol. The van der Waals surface area contributed by atoms with E-state index in [2.05, 4.69) is 31.9 Å². The van der Waals surface area contributed by atoms with Crippen molar-refractivity contribution >= 4 is 55.1 Å². The fourth-order valence-corrected chi connectivity index (χ4v) is 2.77. The second-order valence-electron chi connectivity index (χ2n) is 3.83. The van der Waals surface area contributed by atoms with E-state index in [0.717, 1.165) is 0 Å². The average Bonchev–Trinajstić information content (AvgIpc) is 2.38. The third-order valence-corrected chi connectivity index (χ3v) is 4.83. The molecule has 1 unspecified atom stereocenters. The van der Waals surface area contributed by atoms with Gasteiger partial charge in [0.1, 0.15) is 11.9 Å². The van der Waals surface area contributed by atoms with E-state index >= 15 is 0 Å². The standard InChI is InChI=1S/C13H7Br2Cl2FO/c14-9-3-1-6(16)5-8(9)13(19)7-2-4-10(15)11(17)12(7)18/h1-5,13,19H. The van der Waals surface area contributed by atoms with E-state index in [1.54, 1.807) is 24.3 Å². The Kier molecular flexibility index (Phi) is 4.90. The Morgan fingerprint density at radius 2 is 1.63 bits per heavy atom. The Balaban J connectivity index is 2.53. The minimum absolute atomic E-state index is 0.0605. The van der Waals surface area contributed by atoms with Gasteiger partial charge in [0.05, 0.1) is 5.02 Å². The van der Waals surface area contributed by atoms with Crippen LogP contribution in [-0.2, 0) is 0 Å². The van der Waals surface area contributed by atoms with Gasteiger partial charge in [-0.1, -0.05) is 45.2 Å². The van der Waals surface area contributed by atoms with Crippen LogP contribution < -0.4 is 0 Å². The van der Waals surface area contributed by atoms with Crippen molar-refractivity contribution in [2.45, 2.75) is 6.10 Å². The molecule has 1 atom stereocenters. The van der Waals surface area contributed by atoms with Crippen LogP contribution >= 0.6 is 55.1 Å². The van der Waals surface area contributed by atoms with Gasteiger partial charge in [-0.2, -0.15) is 0 Å². The lowest BCUT2D eigenvalue weighted by atomic mass is 10.0. The number of halogens is 5. The zero-order valence-corrected chi connectivity index (χ0v) is 14.0. The molecule has 0 spiro atoms. The zero-order chi connectivity index (χ0) is 14.2. The summed E-state index contributed by atoms with van der Waals surface area (Å²) in [5.41, 5.74) is 0.570. The third-order valence-electron chi connectivity index (χ3n) is 2.61. The molecular formula is C13H7Br2Cl2FO. The SMILES string of the molecule is OC(c1cc(Cl)ccc1Br)c1ccc(Br)c(Cl)c1F.